The summed E-state index contributed by atoms with van der Waals surface area (Å²) >= 11 is 0. The van der Waals surface area contributed by atoms with Crippen molar-refractivity contribution in [3.05, 3.63) is 23.7 Å². The fraction of sp³-hybridized carbons (Fsp3) is 0.545. The highest BCUT2D eigenvalue weighted by Gasteiger charge is 2.46. The first kappa shape index (κ1) is 10.2. The molecule has 0 aliphatic heterocycles. The molecule has 0 unspecified atom stereocenters. The van der Waals surface area contributed by atoms with Crippen LogP contribution in [0.1, 0.15) is 24.2 Å². The average molecular weight is 210 g/mol. The van der Waals surface area contributed by atoms with Gasteiger partial charge in [0.25, 0.3) is 0 Å². The summed E-state index contributed by atoms with van der Waals surface area (Å²) in [4.78, 5) is 11.7. The number of fused-ring (bicyclic) bond motifs is 1. The van der Waals surface area contributed by atoms with E-state index in [4.69, 9.17) is 9.15 Å². The van der Waals surface area contributed by atoms with Gasteiger partial charge in [0.1, 0.15) is 11.2 Å². The molecule has 2 rings (SSSR count). The Morgan fingerprint density at radius 1 is 1.73 bits per heavy atom. The fourth-order valence-electron chi connectivity index (χ4n) is 2.25. The van der Waals surface area contributed by atoms with Gasteiger partial charge in [-0.3, -0.25) is 4.79 Å². The minimum absolute atomic E-state index is 0.264. The summed E-state index contributed by atoms with van der Waals surface area (Å²) < 4.78 is 10.1. The predicted molar refractivity (Wildman–Crippen MR) is 52.4 cm³/mol. The number of aliphatic hydroxyl groups is 1. The molecule has 4 heteroatoms. The summed E-state index contributed by atoms with van der Waals surface area (Å²) in [5.74, 6) is 0.156. The van der Waals surface area contributed by atoms with E-state index in [-0.39, 0.29) is 6.61 Å². The smallest absolute Gasteiger partial charge is 0.321 e. The van der Waals surface area contributed by atoms with E-state index in [0.717, 1.165) is 18.4 Å². The molecule has 0 amide bonds. The number of carbonyl (C=O) groups is 1. The van der Waals surface area contributed by atoms with Crippen LogP contribution >= 0.6 is 0 Å². The Labute approximate surface area is 87.8 Å². The van der Waals surface area contributed by atoms with Crippen molar-refractivity contribution < 1.29 is 19.1 Å². The third kappa shape index (κ3) is 1.36. The van der Waals surface area contributed by atoms with Crippen molar-refractivity contribution in [3.63, 3.8) is 0 Å². The summed E-state index contributed by atoms with van der Waals surface area (Å²) in [7, 11) is 1.33. The maximum atomic E-state index is 11.7. The first-order valence-corrected chi connectivity index (χ1v) is 5.01. The zero-order valence-corrected chi connectivity index (χ0v) is 8.66. The zero-order valence-electron chi connectivity index (χ0n) is 8.66. The normalized spacial score (nSPS) is 24.7. The van der Waals surface area contributed by atoms with Crippen molar-refractivity contribution in [1.29, 1.82) is 0 Å². The van der Waals surface area contributed by atoms with Crippen LogP contribution in [0.25, 0.3) is 0 Å². The maximum Gasteiger partial charge on any atom is 0.321 e. The van der Waals surface area contributed by atoms with Gasteiger partial charge in [-0.2, -0.15) is 0 Å². The van der Waals surface area contributed by atoms with Gasteiger partial charge in [-0.15, -0.1) is 0 Å². The number of hydrogen-bond acceptors (Lipinski definition) is 4. The Kier molecular flexibility index (Phi) is 2.52. The van der Waals surface area contributed by atoms with Crippen LogP contribution in [0.4, 0.5) is 0 Å². The number of esters is 1. The molecule has 0 spiro atoms. The molecule has 1 aliphatic rings. The molecule has 0 fully saturated rings. The Morgan fingerprint density at radius 3 is 3.20 bits per heavy atom. The van der Waals surface area contributed by atoms with Crippen LogP contribution in [0.5, 0.6) is 0 Å². The molecule has 0 radical (unpaired) electrons. The minimum atomic E-state index is -0.980. The lowest BCUT2D eigenvalue weighted by molar-refractivity contribution is -0.151. The van der Waals surface area contributed by atoms with E-state index in [2.05, 4.69) is 0 Å². The lowest BCUT2D eigenvalue weighted by Crippen LogP contribution is -2.42. The SMILES string of the molecule is COC(=O)[C@]1(CO)CCCc2ccoc21. The number of carbonyl (C=O) groups excluding carboxylic acids is 1. The van der Waals surface area contributed by atoms with Crippen LogP contribution in [0.15, 0.2) is 16.7 Å². The standard InChI is InChI=1S/C11H14O4/c1-14-10(13)11(7-12)5-2-3-8-4-6-15-9(8)11/h4,6,12H,2-3,5,7H2,1H3/t11-/m0/s1. The highest BCUT2D eigenvalue weighted by molar-refractivity contribution is 5.83. The molecule has 0 saturated heterocycles. The van der Waals surface area contributed by atoms with Crippen LogP contribution in [0, 0.1) is 0 Å². The number of furan rings is 1. The molecule has 15 heavy (non-hydrogen) atoms. The molecule has 1 aromatic rings. The highest BCUT2D eigenvalue weighted by atomic mass is 16.5. The summed E-state index contributed by atoms with van der Waals surface area (Å²) in [6.07, 6.45) is 3.90. The van der Waals surface area contributed by atoms with E-state index < -0.39 is 11.4 Å². The molecular formula is C11H14O4. The Bertz CT molecular complexity index is 368. The van der Waals surface area contributed by atoms with Gasteiger partial charge >= 0.3 is 5.97 Å². The molecule has 1 atom stereocenters. The van der Waals surface area contributed by atoms with Crippen LogP contribution in [0.2, 0.25) is 0 Å². The number of aliphatic hydroxyl groups excluding tert-OH is 1. The van der Waals surface area contributed by atoms with Gasteiger partial charge in [0.15, 0.2) is 0 Å². The minimum Gasteiger partial charge on any atom is -0.468 e. The molecule has 1 aliphatic carbocycles. The topological polar surface area (TPSA) is 59.7 Å². The molecule has 1 aromatic heterocycles. The van der Waals surface area contributed by atoms with E-state index in [9.17, 15) is 9.90 Å². The van der Waals surface area contributed by atoms with Gasteiger partial charge in [0.05, 0.1) is 20.0 Å². The second-order valence-electron chi connectivity index (χ2n) is 3.86. The third-order valence-electron chi connectivity index (χ3n) is 3.08. The van der Waals surface area contributed by atoms with Gasteiger partial charge in [-0.25, -0.2) is 0 Å². The Morgan fingerprint density at radius 2 is 2.53 bits per heavy atom. The molecule has 0 aromatic carbocycles. The van der Waals surface area contributed by atoms with Gasteiger partial charge in [-0.05, 0) is 30.9 Å². The lowest BCUT2D eigenvalue weighted by atomic mass is 9.75. The van der Waals surface area contributed by atoms with Gasteiger partial charge < -0.3 is 14.3 Å². The number of hydrogen-bond donors (Lipinski definition) is 1. The summed E-state index contributed by atoms with van der Waals surface area (Å²) in [6, 6.07) is 1.85. The van der Waals surface area contributed by atoms with E-state index in [1.54, 1.807) is 6.26 Å². The second-order valence-corrected chi connectivity index (χ2v) is 3.86. The highest BCUT2D eigenvalue weighted by Crippen LogP contribution is 2.38. The number of ether oxygens (including phenoxy) is 1. The van der Waals surface area contributed by atoms with Crippen molar-refractivity contribution in [2.45, 2.75) is 24.7 Å². The summed E-state index contributed by atoms with van der Waals surface area (Å²) in [6.45, 7) is -0.264. The predicted octanol–water partition coefficient (Wildman–Crippen LogP) is 1.02. The monoisotopic (exact) mass is 210 g/mol. The number of aryl methyl sites for hydroxylation is 1. The molecule has 82 valence electrons. The van der Waals surface area contributed by atoms with Crippen LogP contribution in [-0.2, 0) is 21.4 Å². The van der Waals surface area contributed by atoms with E-state index in [0.29, 0.717) is 12.2 Å². The van der Waals surface area contributed by atoms with Gasteiger partial charge in [0, 0.05) is 0 Å². The quantitative estimate of drug-likeness (QED) is 0.740. The molecule has 4 nitrogen and oxygen atoms in total. The molecule has 0 saturated carbocycles. The van der Waals surface area contributed by atoms with E-state index in [1.165, 1.54) is 7.11 Å². The van der Waals surface area contributed by atoms with Crippen LogP contribution < -0.4 is 0 Å². The fourth-order valence-corrected chi connectivity index (χ4v) is 2.25. The third-order valence-corrected chi connectivity index (χ3v) is 3.08. The van der Waals surface area contributed by atoms with Gasteiger partial charge in [0.2, 0.25) is 0 Å². The Hall–Kier alpha value is -1.29. The van der Waals surface area contributed by atoms with E-state index >= 15 is 0 Å². The lowest BCUT2D eigenvalue weighted by Gasteiger charge is -2.31. The average Bonchev–Trinajstić information content (AvgIpc) is 2.75. The molecule has 0 bridgehead atoms. The summed E-state index contributed by atoms with van der Waals surface area (Å²) in [5.41, 5.74) is 0.0203. The number of methoxy groups -OCH3 is 1. The van der Waals surface area contributed by atoms with Crippen molar-refractivity contribution in [2.24, 2.45) is 0 Å². The van der Waals surface area contributed by atoms with Crippen LogP contribution in [-0.4, -0.2) is 24.8 Å². The van der Waals surface area contributed by atoms with Crippen molar-refractivity contribution >= 4 is 5.97 Å². The largest absolute Gasteiger partial charge is 0.468 e. The first-order chi connectivity index (χ1) is 7.24. The van der Waals surface area contributed by atoms with Gasteiger partial charge in [-0.1, -0.05) is 0 Å². The first-order valence-electron chi connectivity index (χ1n) is 5.01. The van der Waals surface area contributed by atoms with Crippen molar-refractivity contribution in [2.75, 3.05) is 13.7 Å². The van der Waals surface area contributed by atoms with Crippen molar-refractivity contribution in [3.8, 4) is 0 Å². The molecule has 1 N–H and O–H groups in total. The summed E-state index contributed by atoms with van der Waals surface area (Å²) in [5, 5.41) is 9.45. The molecule has 1 heterocycles. The van der Waals surface area contributed by atoms with Crippen molar-refractivity contribution in [1.82, 2.24) is 0 Å². The van der Waals surface area contributed by atoms with E-state index in [1.807, 2.05) is 6.07 Å². The number of rotatable bonds is 2. The second kappa shape index (κ2) is 3.70. The zero-order chi connectivity index (χ0) is 10.9. The molecular weight excluding hydrogens is 196 g/mol. The van der Waals surface area contributed by atoms with Crippen LogP contribution in [0.3, 0.4) is 0 Å². The maximum absolute atomic E-state index is 11.7. The Balaban J connectivity index is 2.48.